The van der Waals surface area contributed by atoms with Crippen molar-refractivity contribution in [3.63, 3.8) is 0 Å². The molecule has 0 aromatic heterocycles. The molecule has 1 heterocycles. The van der Waals surface area contributed by atoms with E-state index in [0.717, 1.165) is 19.4 Å². The summed E-state index contributed by atoms with van der Waals surface area (Å²) >= 11 is 0. The first kappa shape index (κ1) is 17.7. The van der Waals surface area contributed by atoms with Gasteiger partial charge in [-0.1, -0.05) is 0 Å². The first-order chi connectivity index (χ1) is 10.5. The summed E-state index contributed by atoms with van der Waals surface area (Å²) in [7, 11) is 0. The Bertz CT molecular complexity index is 419. The van der Waals surface area contributed by atoms with Crippen LogP contribution in [0.5, 0.6) is 0 Å². The van der Waals surface area contributed by atoms with Crippen molar-refractivity contribution in [3.05, 3.63) is 0 Å². The molecule has 1 rings (SSSR count). The van der Waals surface area contributed by atoms with Crippen LogP contribution in [-0.4, -0.2) is 49.3 Å². The van der Waals surface area contributed by atoms with E-state index >= 15 is 0 Å². The van der Waals surface area contributed by atoms with Gasteiger partial charge < -0.3 is 27.4 Å². The fourth-order valence-electron chi connectivity index (χ4n) is 2.11. The van der Waals surface area contributed by atoms with Gasteiger partial charge in [-0.3, -0.25) is 10.2 Å². The van der Waals surface area contributed by atoms with Gasteiger partial charge in [-0.05, 0) is 32.2 Å². The zero-order valence-corrected chi connectivity index (χ0v) is 12.4. The normalized spacial score (nSPS) is 18.8. The molecule has 0 saturated carbocycles. The second-order valence-electron chi connectivity index (χ2n) is 5.00. The van der Waals surface area contributed by atoms with Crippen molar-refractivity contribution in [3.8, 4) is 0 Å². The lowest BCUT2D eigenvalue weighted by molar-refractivity contribution is -0.123. The Morgan fingerprint density at radius 3 is 2.82 bits per heavy atom. The van der Waals surface area contributed by atoms with E-state index in [-0.39, 0.29) is 24.0 Å². The second-order valence-corrected chi connectivity index (χ2v) is 5.00. The number of carbonyl (C=O) groups excluding carboxylic acids is 2. The van der Waals surface area contributed by atoms with Gasteiger partial charge in [-0.25, -0.2) is 10.2 Å². The van der Waals surface area contributed by atoms with Crippen LogP contribution in [0.2, 0.25) is 0 Å². The van der Waals surface area contributed by atoms with Gasteiger partial charge in [-0.2, -0.15) is 5.10 Å². The molecule has 1 saturated heterocycles. The molecule has 0 radical (unpaired) electrons. The van der Waals surface area contributed by atoms with Crippen LogP contribution in [0.15, 0.2) is 5.10 Å². The van der Waals surface area contributed by atoms with Crippen molar-refractivity contribution in [2.45, 2.75) is 37.8 Å². The molecule has 0 aromatic carbocycles. The van der Waals surface area contributed by atoms with E-state index in [2.05, 4.69) is 26.5 Å². The zero-order valence-electron chi connectivity index (χ0n) is 12.4. The predicted molar refractivity (Wildman–Crippen MR) is 83.3 cm³/mol. The highest BCUT2D eigenvalue weighted by atomic mass is 16.2. The van der Waals surface area contributed by atoms with Gasteiger partial charge in [0.15, 0.2) is 5.96 Å². The average Bonchev–Trinajstić information content (AvgIpc) is 2.96. The number of hydrogen-bond acceptors (Lipinski definition) is 5. The van der Waals surface area contributed by atoms with Crippen LogP contribution in [0.3, 0.4) is 0 Å². The average molecular weight is 312 g/mol. The van der Waals surface area contributed by atoms with E-state index in [9.17, 15) is 9.59 Å². The number of carbonyl (C=O) groups is 2. The van der Waals surface area contributed by atoms with Crippen molar-refractivity contribution in [2.75, 3.05) is 13.1 Å². The Morgan fingerprint density at radius 2 is 2.23 bits per heavy atom. The summed E-state index contributed by atoms with van der Waals surface area (Å²) in [5, 5.41) is 19.4. The first-order valence-electron chi connectivity index (χ1n) is 7.19. The van der Waals surface area contributed by atoms with Crippen molar-refractivity contribution in [2.24, 2.45) is 16.6 Å². The number of primary amides is 1. The largest absolute Gasteiger partial charge is 0.370 e. The molecule has 10 heteroatoms. The summed E-state index contributed by atoms with van der Waals surface area (Å²) in [5.41, 5.74) is 12.2. The minimum absolute atomic E-state index is 0.0902. The van der Waals surface area contributed by atoms with Crippen LogP contribution in [-0.2, 0) is 4.79 Å². The smallest absolute Gasteiger partial charge is 0.332 e. The molecule has 1 fully saturated rings. The molecule has 9 N–H and O–H groups in total. The third-order valence-corrected chi connectivity index (χ3v) is 3.14. The monoisotopic (exact) mass is 312 g/mol. The van der Waals surface area contributed by atoms with E-state index in [1.807, 2.05) is 0 Å². The van der Waals surface area contributed by atoms with Crippen molar-refractivity contribution in [1.82, 2.24) is 21.4 Å². The quantitative estimate of drug-likeness (QED) is 0.120. The van der Waals surface area contributed by atoms with Crippen molar-refractivity contribution >= 4 is 24.1 Å². The molecule has 2 atom stereocenters. The summed E-state index contributed by atoms with van der Waals surface area (Å²) < 4.78 is 0. The Labute approximate surface area is 129 Å². The van der Waals surface area contributed by atoms with Crippen LogP contribution in [0, 0.1) is 5.41 Å². The molecule has 0 aliphatic carbocycles. The predicted octanol–water partition coefficient (Wildman–Crippen LogP) is -1.86. The van der Waals surface area contributed by atoms with Crippen LogP contribution >= 0.6 is 0 Å². The van der Waals surface area contributed by atoms with Crippen LogP contribution in [0.1, 0.15) is 25.7 Å². The van der Waals surface area contributed by atoms with Crippen LogP contribution in [0.4, 0.5) is 4.79 Å². The highest BCUT2D eigenvalue weighted by Gasteiger charge is 2.23. The van der Waals surface area contributed by atoms with Crippen molar-refractivity contribution in [1.29, 1.82) is 5.41 Å². The Morgan fingerprint density at radius 1 is 1.45 bits per heavy atom. The van der Waals surface area contributed by atoms with Gasteiger partial charge in [0.2, 0.25) is 5.91 Å². The molecular weight excluding hydrogens is 288 g/mol. The summed E-state index contributed by atoms with van der Waals surface area (Å²) in [4.78, 5) is 22.7. The molecule has 10 nitrogen and oxygen atoms in total. The molecular formula is C12H24N8O2. The number of amides is 3. The van der Waals surface area contributed by atoms with Crippen LogP contribution in [0.25, 0.3) is 0 Å². The Kier molecular flexibility index (Phi) is 7.68. The summed E-state index contributed by atoms with van der Waals surface area (Å²) in [6.45, 7) is 1.35. The maximum Gasteiger partial charge on any atom is 0.332 e. The molecule has 0 aromatic rings. The van der Waals surface area contributed by atoms with Gasteiger partial charge in [-0.15, -0.1) is 0 Å². The number of nitrogens with two attached hydrogens (primary N) is 2. The van der Waals surface area contributed by atoms with E-state index in [4.69, 9.17) is 16.9 Å². The molecule has 0 bridgehead atoms. The van der Waals surface area contributed by atoms with Crippen LogP contribution < -0.4 is 32.8 Å². The fraction of sp³-hybridized carbons (Fsp3) is 0.667. The summed E-state index contributed by atoms with van der Waals surface area (Å²) in [6.07, 6.45) is 4.48. The highest BCUT2D eigenvalue weighted by Crippen LogP contribution is 2.05. The number of nitrogens with one attached hydrogen (secondary N) is 5. The molecule has 22 heavy (non-hydrogen) atoms. The lowest BCUT2D eigenvalue weighted by Gasteiger charge is -2.17. The van der Waals surface area contributed by atoms with Gasteiger partial charge in [0.1, 0.15) is 0 Å². The maximum absolute atomic E-state index is 12.1. The second kappa shape index (κ2) is 9.55. The Hall–Kier alpha value is -2.36. The standard InChI is InChI=1S/C12H24N8O2/c13-11(14)17-6-1-3-8(7-18-20-12(15)22)19-10(21)9-4-2-5-16-9/h7-9,16H,1-6H2,(H,19,21)(H4,13,14,17)(H3,15,20,22)/b18-7+/t8-,9-/m0/s1. The third kappa shape index (κ3) is 7.43. The van der Waals surface area contributed by atoms with E-state index in [1.165, 1.54) is 6.21 Å². The molecule has 0 spiro atoms. The fourth-order valence-corrected chi connectivity index (χ4v) is 2.11. The lowest BCUT2D eigenvalue weighted by Crippen LogP contribution is -2.46. The van der Waals surface area contributed by atoms with E-state index in [1.54, 1.807) is 0 Å². The molecule has 1 aliphatic rings. The lowest BCUT2D eigenvalue weighted by atomic mass is 10.1. The van der Waals surface area contributed by atoms with Gasteiger partial charge in [0, 0.05) is 12.8 Å². The third-order valence-electron chi connectivity index (χ3n) is 3.14. The van der Waals surface area contributed by atoms with Crippen molar-refractivity contribution < 1.29 is 9.59 Å². The first-order valence-corrected chi connectivity index (χ1v) is 7.19. The molecule has 3 amide bonds. The zero-order chi connectivity index (χ0) is 16.4. The van der Waals surface area contributed by atoms with Gasteiger partial charge in [0.25, 0.3) is 0 Å². The van der Waals surface area contributed by atoms with Gasteiger partial charge >= 0.3 is 6.03 Å². The number of rotatable bonds is 8. The molecule has 1 aliphatic heterocycles. The SMILES string of the molecule is N=C(N)NCCC[C@@H](/C=N/NC(N)=O)NC(=O)[C@@H]1CCCN1. The van der Waals surface area contributed by atoms with E-state index in [0.29, 0.717) is 19.4 Å². The highest BCUT2D eigenvalue weighted by molar-refractivity contribution is 5.85. The minimum atomic E-state index is -0.767. The Balaban J connectivity index is 2.44. The summed E-state index contributed by atoms with van der Waals surface area (Å²) in [5.74, 6) is -0.188. The topological polar surface area (TPSA) is 171 Å². The minimum Gasteiger partial charge on any atom is -0.370 e. The number of nitrogens with zero attached hydrogens (tertiary/aromatic N) is 1. The number of guanidine groups is 1. The summed E-state index contributed by atoms with van der Waals surface area (Å²) in [6, 6.07) is -1.29. The number of hydrazone groups is 1. The molecule has 124 valence electrons. The maximum atomic E-state index is 12.1. The molecule has 0 unspecified atom stereocenters. The number of hydrogen-bond donors (Lipinski definition) is 7. The van der Waals surface area contributed by atoms with Gasteiger partial charge in [0.05, 0.1) is 12.1 Å². The van der Waals surface area contributed by atoms with E-state index < -0.39 is 6.03 Å². The number of urea groups is 1.